The molecule has 2 aromatic heterocycles. The van der Waals surface area contributed by atoms with Gasteiger partial charge in [-0.2, -0.15) is 5.10 Å². The summed E-state index contributed by atoms with van der Waals surface area (Å²) in [5, 5.41) is 6.63. The van der Waals surface area contributed by atoms with Gasteiger partial charge in [0.2, 0.25) is 10.0 Å². The van der Waals surface area contributed by atoms with Crippen LogP contribution in [-0.4, -0.2) is 29.7 Å². The largest absolute Gasteiger partial charge is 0.330 e. The smallest absolute Gasteiger partial charge is 0.244 e. The SMILES string of the molecule is Cc1csc(CNS(=O)(=O)c2cnn(CCCN)c2)n1. The first kappa shape index (κ1) is 15.1. The number of nitrogens with one attached hydrogen (secondary N) is 1. The summed E-state index contributed by atoms with van der Waals surface area (Å²) in [6.45, 7) is 3.21. The van der Waals surface area contributed by atoms with Gasteiger partial charge in [0.1, 0.15) is 9.90 Å². The number of rotatable bonds is 7. The number of nitrogens with zero attached hydrogens (tertiary/aromatic N) is 3. The van der Waals surface area contributed by atoms with Gasteiger partial charge in [0, 0.05) is 23.8 Å². The molecule has 0 unspecified atom stereocenters. The molecule has 7 nitrogen and oxygen atoms in total. The Bertz CT molecular complexity index is 662. The van der Waals surface area contributed by atoms with Gasteiger partial charge in [-0.15, -0.1) is 11.3 Å². The van der Waals surface area contributed by atoms with Crippen molar-refractivity contribution in [3.8, 4) is 0 Å². The van der Waals surface area contributed by atoms with Crippen LogP contribution in [0.3, 0.4) is 0 Å². The molecule has 0 saturated carbocycles. The molecular weight excluding hydrogens is 298 g/mol. The van der Waals surface area contributed by atoms with E-state index in [1.165, 1.54) is 23.7 Å². The number of hydrogen-bond acceptors (Lipinski definition) is 6. The summed E-state index contributed by atoms with van der Waals surface area (Å²) in [7, 11) is -3.55. The van der Waals surface area contributed by atoms with Crippen molar-refractivity contribution < 1.29 is 8.42 Å². The first-order valence-corrected chi connectivity index (χ1v) is 8.51. The van der Waals surface area contributed by atoms with E-state index in [9.17, 15) is 8.42 Å². The van der Waals surface area contributed by atoms with E-state index in [-0.39, 0.29) is 11.4 Å². The minimum atomic E-state index is -3.55. The van der Waals surface area contributed by atoms with Crippen LogP contribution in [0.1, 0.15) is 17.1 Å². The lowest BCUT2D eigenvalue weighted by Gasteiger charge is -2.02. The van der Waals surface area contributed by atoms with Crippen molar-refractivity contribution in [2.45, 2.75) is 31.3 Å². The second-order valence-electron chi connectivity index (χ2n) is 4.29. The molecule has 0 atom stereocenters. The lowest BCUT2D eigenvalue weighted by molar-refractivity contribution is 0.576. The second-order valence-corrected chi connectivity index (χ2v) is 7.00. The van der Waals surface area contributed by atoms with E-state index in [2.05, 4.69) is 14.8 Å². The number of thiazole rings is 1. The van der Waals surface area contributed by atoms with Gasteiger partial charge in [0.15, 0.2) is 0 Å². The molecule has 2 aromatic rings. The van der Waals surface area contributed by atoms with E-state index in [1.54, 1.807) is 4.68 Å². The molecule has 110 valence electrons. The predicted molar refractivity (Wildman–Crippen MR) is 76.8 cm³/mol. The molecule has 20 heavy (non-hydrogen) atoms. The molecule has 0 amide bonds. The lowest BCUT2D eigenvalue weighted by Crippen LogP contribution is -2.22. The quantitative estimate of drug-likeness (QED) is 0.773. The van der Waals surface area contributed by atoms with E-state index in [1.807, 2.05) is 12.3 Å². The van der Waals surface area contributed by atoms with Gasteiger partial charge in [-0.05, 0) is 19.9 Å². The Kier molecular flexibility index (Phi) is 4.86. The summed E-state index contributed by atoms with van der Waals surface area (Å²) in [4.78, 5) is 4.37. The normalized spacial score (nSPS) is 11.9. The molecule has 2 heterocycles. The topological polar surface area (TPSA) is 103 Å². The van der Waals surface area contributed by atoms with Crippen LogP contribution in [0.2, 0.25) is 0 Å². The first-order chi connectivity index (χ1) is 9.51. The van der Waals surface area contributed by atoms with Crippen molar-refractivity contribution in [2.75, 3.05) is 6.54 Å². The molecule has 3 N–H and O–H groups in total. The molecule has 0 spiro atoms. The molecule has 2 rings (SSSR count). The molecule has 0 aliphatic carbocycles. The van der Waals surface area contributed by atoms with Crippen LogP contribution in [0.25, 0.3) is 0 Å². The fourth-order valence-electron chi connectivity index (χ4n) is 1.58. The molecule has 9 heteroatoms. The minimum absolute atomic E-state index is 0.155. The Labute approximate surface area is 121 Å². The van der Waals surface area contributed by atoms with Crippen LogP contribution >= 0.6 is 11.3 Å². The third-order valence-corrected chi connectivity index (χ3v) is 4.91. The van der Waals surface area contributed by atoms with E-state index < -0.39 is 10.0 Å². The van der Waals surface area contributed by atoms with Gasteiger partial charge < -0.3 is 5.73 Å². The third kappa shape index (κ3) is 3.85. The highest BCUT2D eigenvalue weighted by Crippen LogP contribution is 2.11. The highest BCUT2D eigenvalue weighted by Gasteiger charge is 2.16. The highest BCUT2D eigenvalue weighted by atomic mass is 32.2. The van der Waals surface area contributed by atoms with E-state index >= 15 is 0 Å². The zero-order chi connectivity index (χ0) is 14.6. The maximum Gasteiger partial charge on any atom is 0.244 e. The Morgan fingerprint density at radius 1 is 1.50 bits per heavy atom. The van der Waals surface area contributed by atoms with Crippen molar-refractivity contribution in [3.05, 3.63) is 28.5 Å². The Morgan fingerprint density at radius 2 is 2.30 bits per heavy atom. The van der Waals surface area contributed by atoms with E-state index in [4.69, 9.17) is 5.73 Å². The van der Waals surface area contributed by atoms with Gasteiger partial charge in [-0.1, -0.05) is 0 Å². The molecular formula is C11H17N5O2S2. The molecule has 0 aliphatic heterocycles. The van der Waals surface area contributed by atoms with Crippen LogP contribution in [0.5, 0.6) is 0 Å². The number of hydrogen-bond donors (Lipinski definition) is 2. The Morgan fingerprint density at radius 3 is 2.95 bits per heavy atom. The molecule has 0 radical (unpaired) electrons. The monoisotopic (exact) mass is 315 g/mol. The van der Waals surface area contributed by atoms with Crippen LogP contribution in [0.15, 0.2) is 22.7 Å². The van der Waals surface area contributed by atoms with Crippen LogP contribution in [0.4, 0.5) is 0 Å². The van der Waals surface area contributed by atoms with Gasteiger partial charge in [-0.3, -0.25) is 4.68 Å². The third-order valence-electron chi connectivity index (χ3n) is 2.59. The van der Waals surface area contributed by atoms with Crippen molar-refractivity contribution in [1.82, 2.24) is 19.5 Å². The molecule has 0 saturated heterocycles. The number of aryl methyl sites for hydroxylation is 2. The van der Waals surface area contributed by atoms with Crippen molar-refractivity contribution in [3.63, 3.8) is 0 Å². The standard InChI is InChI=1S/C11H17N5O2S2/c1-9-8-19-11(15-9)6-14-20(17,18)10-5-13-16(7-10)4-2-3-12/h5,7-8,14H,2-4,6,12H2,1H3. The number of sulfonamides is 1. The van der Waals surface area contributed by atoms with Crippen molar-refractivity contribution >= 4 is 21.4 Å². The lowest BCUT2D eigenvalue weighted by atomic mass is 10.4. The van der Waals surface area contributed by atoms with Gasteiger partial charge in [-0.25, -0.2) is 18.1 Å². The maximum absolute atomic E-state index is 12.1. The summed E-state index contributed by atoms with van der Waals surface area (Å²) < 4.78 is 28.3. The average Bonchev–Trinajstić information content (AvgIpc) is 3.03. The zero-order valence-corrected chi connectivity index (χ0v) is 12.7. The van der Waals surface area contributed by atoms with Gasteiger partial charge >= 0.3 is 0 Å². The fraction of sp³-hybridized carbons (Fsp3) is 0.455. The zero-order valence-electron chi connectivity index (χ0n) is 11.1. The average molecular weight is 315 g/mol. The van der Waals surface area contributed by atoms with Crippen LogP contribution in [0, 0.1) is 6.92 Å². The van der Waals surface area contributed by atoms with Gasteiger partial charge in [0.05, 0.1) is 12.7 Å². The summed E-state index contributed by atoms with van der Waals surface area (Å²) in [6.07, 6.45) is 3.60. The molecule has 0 fully saturated rings. The maximum atomic E-state index is 12.1. The summed E-state index contributed by atoms with van der Waals surface area (Å²) >= 11 is 1.43. The molecule has 0 bridgehead atoms. The highest BCUT2D eigenvalue weighted by molar-refractivity contribution is 7.89. The molecule has 0 aromatic carbocycles. The minimum Gasteiger partial charge on any atom is -0.330 e. The summed E-state index contributed by atoms with van der Waals surface area (Å²) in [6, 6.07) is 0. The summed E-state index contributed by atoms with van der Waals surface area (Å²) in [5.74, 6) is 0. The van der Waals surface area contributed by atoms with Crippen molar-refractivity contribution in [1.29, 1.82) is 0 Å². The summed E-state index contributed by atoms with van der Waals surface area (Å²) in [5.41, 5.74) is 6.29. The predicted octanol–water partition coefficient (Wildman–Crippen LogP) is 0.475. The number of nitrogens with two attached hydrogens (primary N) is 1. The van der Waals surface area contributed by atoms with Crippen LogP contribution in [-0.2, 0) is 23.1 Å². The first-order valence-electron chi connectivity index (χ1n) is 6.14. The Hall–Kier alpha value is -1.29. The fourth-order valence-corrected chi connectivity index (χ4v) is 3.33. The van der Waals surface area contributed by atoms with Crippen molar-refractivity contribution in [2.24, 2.45) is 5.73 Å². The van der Waals surface area contributed by atoms with Gasteiger partial charge in [0.25, 0.3) is 0 Å². The van der Waals surface area contributed by atoms with E-state index in [0.717, 1.165) is 17.1 Å². The second kappa shape index (κ2) is 6.44. The Balaban J connectivity index is 2.00. The van der Waals surface area contributed by atoms with Crippen LogP contribution < -0.4 is 10.5 Å². The molecule has 0 aliphatic rings. The number of aromatic nitrogens is 3. The van der Waals surface area contributed by atoms with E-state index in [0.29, 0.717) is 13.1 Å².